The summed E-state index contributed by atoms with van der Waals surface area (Å²) in [7, 11) is 0. The highest BCUT2D eigenvalue weighted by molar-refractivity contribution is 7.99. The van der Waals surface area contributed by atoms with E-state index < -0.39 is 12.1 Å². The van der Waals surface area contributed by atoms with Crippen LogP contribution in [0.5, 0.6) is 0 Å². The quantitative estimate of drug-likeness (QED) is 0.486. The Hall–Kier alpha value is -2.64. The number of carbonyl (C=O) groups excluding carboxylic acids is 1. The van der Waals surface area contributed by atoms with Crippen LogP contribution in [-0.2, 0) is 9.47 Å². The monoisotopic (exact) mass is 410 g/mol. The summed E-state index contributed by atoms with van der Waals surface area (Å²) < 4.78 is 11.3. The number of carbonyl (C=O) groups is 1. The predicted octanol–water partition coefficient (Wildman–Crippen LogP) is 4.11. The number of hydrogen-bond acceptors (Lipinski definition) is 6. The molecule has 6 nitrogen and oxygen atoms in total. The minimum Gasteiger partial charge on any atom is -0.451 e. The van der Waals surface area contributed by atoms with Crippen LogP contribution in [0.3, 0.4) is 0 Å². The summed E-state index contributed by atoms with van der Waals surface area (Å²) in [5.41, 5.74) is 0.827. The molecule has 2 heterocycles. The predicted molar refractivity (Wildman–Crippen MR) is 112 cm³/mol. The molecule has 1 aliphatic rings. The summed E-state index contributed by atoms with van der Waals surface area (Å²) in [5, 5.41) is 0.505. The maximum atomic E-state index is 12.8. The normalized spacial score (nSPS) is 17.3. The zero-order valence-corrected chi connectivity index (χ0v) is 16.9. The van der Waals surface area contributed by atoms with Crippen LogP contribution in [0.15, 0.2) is 58.2 Å². The van der Waals surface area contributed by atoms with E-state index in [-0.39, 0.29) is 11.7 Å². The first-order valence-electron chi connectivity index (χ1n) is 9.65. The minimum absolute atomic E-state index is 0.231. The van der Waals surface area contributed by atoms with Gasteiger partial charge in [0.2, 0.25) is 0 Å². The van der Waals surface area contributed by atoms with Crippen molar-refractivity contribution >= 4 is 28.6 Å². The standard InChI is InChI=1S/C22H22N2O4S/c1-14(20-23-18-10-4-2-8-16(18)21(25)24-20)28-22(26)17-9-3-5-11-19(17)29-13-15-7-6-12-27-15/h2-5,8-11,14-15H,6-7,12-13H2,1H3,(H,23,24,25)/t14-,15-/m0/s1. The number of ether oxygens (including phenoxy) is 2. The van der Waals surface area contributed by atoms with Gasteiger partial charge in [0, 0.05) is 17.3 Å². The maximum absolute atomic E-state index is 12.8. The third-order valence-electron chi connectivity index (χ3n) is 4.86. The second kappa shape index (κ2) is 8.80. The Morgan fingerprint density at radius 2 is 2.07 bits per heavy atom. The molecule has 2 atom stereocenters. The number of thioether (sulfide) groups is 1. The van der Waals surface area contributed by atoms with Gasteiger partial charge in [-0.1, -0.05) is 24.3 Å². The lowest BCUT2D eigenvalue weighted by Gasteiger charge is -2.15. The molecule has 7 heteroatoms. The van der Waals surface area contributed by atoms with Crippen molar-refractivity contribution in [2.24, 2.45) is 0 Å². The second-order valence-corrected chi connectivity index (χ2v) is 8.02. The number of aromatic amines is 1. The molecule has 1 aromatic heterocycles. The Balaban J connectivity index is 1.50. The van der Waals surface area contributed by atoms with Crippen molar-refractivity contribution in [3.05, 3.63) is 70.3 Å². The van der Waals surface area contributed by atoms with Gasteiger partial charge in [-0.05, 0) is 44.0 Å². The lowest BCUT2D eigenvalue weighted by molar-refractivity contribution is 0.0315. The van der Waals surface area contributed by atoms with Crippen molar-refractivity contribution in [1.82, 2.24) is 9.97 Å². The average molecular weight is 410 g/mol. The van der Waals surface area contributed by atoms with E-state index in [0.29, 0.717) is 22.3 Å². The molecule has 3 aromatic rings. The van der Waals surface area contributed by atoms with Crippen molar-refractivity contribution < 1.29 is 14.3 Å². The van der Waals surface area contributed by atoms with Crippen LogP contribution < -0.4 is 5.56 Å². The Morgan fingerprint density at radius 1 is 1.28 bits per heavy atom. The summed E-state index contributed by atoms with van der Waals surface area (Å²) >= 11 is 1.60. The zero-order valence-electron chi connectivity index (χ0n) is 16.1. The van der Waals surface area contributed by atoms with Crippen LogP contribution in [0.1, 0.15) is 42.1 Å². The highest BCUT2D eigenvalue weighted by atomic mass is 32.2. The maximum Gasteiger partial charge on any atom is 0.339 e. The smallest absolute Gasteiger partial charge is 0.339 e. The summed E-state index contributed by atoms with van der Waals surface area (Å²) in [5.74, 6) is 0.689. The van der Waals surface area contributed by atoms with Crippen molar-refractivity contribution in [2.45, 2.75) is 36.9 Å². The summed E-state index contributed by atoms with van der Waals surface area (Å²) in [6.45, 7) is 2.51. The molecule has 0 unspecified atom stereocenters. The number of para-hydroxylation sites is 1. The van der Waals surface area contributed by atoms with Gasteiger partial charge < -0.3 is 14.5 Å². The molecule has 0 radical (unpaired) electrons. The highest BCUT2D eigenvalue weighted by Crippen LogP contribution is 2.28. The summed E-state index contributed by atoms with van der Waals surface area (Å²) in [6.07, 6.45) is 1.69. The molecule has 1 aliphatic heterocycles. The van der Waals surface area contributed by atoms with Gasteiger partial charge in [0.1, 0.15) is 0 Å². The number of fused-ring (bicyclic) bond motifs is 1. The first kappa shape index (κ1) is 19.7. The Bertz CT molecular complexity index is 1080. The lowest BCUT2D eigenvalue weighted by Crippen LogP contribution is -2.18. The van der Waals surface area contributed by atoms with Gasteiger partial charge in [0.05, 0.1) is 22.6 Å². The van der Waals surface area contributed by atoms with E-state index in [9.17, 15) is 9.59 Å². The van der Waals surface area contributed by atoms with Crippen LogP contribution in [0, 0.1) is 0 Å². The van der Waals surface area contributed by atoms with Crippen molar-refractivity contribution in [1.29, 1.82) is 0 Å². The molecule has 2 aromatic carbocycles. The summed E-state index contributed by atoms with van der Waals surface area (Å²) in [6, 6.07) is 14.5. The van der Waals surface area contributed by atoms with Gasteiger partial charge in [-0.15, -0.1) is 11.8 Å². The number of nitrogens with zero attached hydrogens (tertiary/aromatic N) is 1. The molecule has 4 rings (SSSR count). The van der Waals surface area contributed by atoms with Crippen molar-refractivity contribution in [3.8, 4) is 0 Å². The summed E-state index contributed by atoms with van der Waals surface area (Å²) in [4.78, 5) is 33.1. The largest absolute Gasteiger partial charge is 0.451 e. The van der Waals surface area contributed by atoms with Gasteiger partial charge in [-0.25, -0.2) is 9.78 Å². The van der Waals surface area contributed by atoms with Gasteiger partial charge in [-0.3, -0.25) is 4.79 Å². The first-order chi connectivity index (χ1) is 14.1. The van der Waals surface area contributed by atoms with E-state index in [1.807, 2.05) is 24.3 Å². The van der Waals surface area contributed by atoms with Crippen LogP contribution in [-0.4, -0.2) is 34.4 Å². The number of hydrogen-bond donors (Lipinski definition) is 1. The molecule has 0 bridgehead atoms. The number of aromatic nitrogens is 2. The molecule has 29 heavy (non-hydrogen) atoms. The minimum atomic E-state index is -0.684. The molecular weight excluding hydrogens is 388 g/mol. The molecular formula is C22H22N2O4S. The third-order valence-corrected chi connectivity index (χ3v) is 6.06. The average Bonchev–Trinajstić information content (AvgIpc) is 3.26. The van der Waals surface area contributed by atoms with E-state index >= 15 is 0 Å². The number of rotatable bonds is 6. The second-order valence-electron chi connectivity index (χ2n) is 6.96. The van der Waals surface area contributed by atoms with E-state index in [2.05, 4.69) is 9.97 Å². The number of nitrogens with one attached hydrogen (secondary N) is 1. The fraction of sp³-hybridized carbons (Fsp3) is 0.318. The molecule has 0 spiro atoms. The van der Waals surface area contributed by atoms with Crippen LogP contribution in [0.2, 0.25) is 0 Å². The topological polar surface area (TPSA) is 81.3 Å². The van der Waals surface area contributed by atoms with E-state index in [0.717, 1.165) is 30.1 Å². The van der Waals surface area contributed by atoms with Gasteiger partial charge in [-0.2, -0.15) is 0 Å². The molecule has 0 aliphatic carbocycles. The molecule has 0 saturated carbocycles. The van der Waals surface area contributed by atoms with Gasteiger partial charge in [0.25, 0.3) is 5.56 Å². The van der Waals surface area contributed by atoms with Gasteiger partial charge in [0.15, 0.2) is 11.9 Å². The van der Waals surface area contributed by atoms with E-state index in [1.165, 1.54) is 0 Å². The van der Waals surface area contributed by atoms with E-state index in [1.54, 1.807) is 43.0 Å². The zero-order chi connectivity index (χ0) is 20.2. The van der Waals surface area contributed by atoms with E-state index in [4.69, 9.17) is 9.47 Å². The molecule has 1 fully saturated rings. The lowest BCUT2D eigenvalue weighted by atomic mass is 10.2. The molecule has 0 amide bonds. The van der Waals surface area contributed by atoms with Crippen LogP contribution in [0.25, 0.3) is 10.9 Å². The Labute approximate surface area is 172 Å². The van der Waals surface area contributed by atoms with Crippen LogP contribution in [0.4, 0.5) is 0 Å². The van der Waals surface area contributed by atoms with Gasteiger partial charge >= 0.3 is 5.97 Å². The number of benzene rings is 2. The van der Waals surface area contributed by atoms with Crippen molar-refractivity contribution in [2.75, 3.05) is 12.4 Å². The Morgan fingerprint density at radius 3 is 2.90 bits per heavy atom. The number of H-pyrrole nitrogens is 1. The SMILES string of the molecule is C[C@H](OC(=O)c1ccccc1SC[C@@H]1CCCO1)c1nc2ccccc2c(=O)[nH]1. The molecule has 150 valence electrons. The fourth-order valence-electron chi connectivity index (χ4n) is 3.30. The molecule has 1 saturated heterocycles. The number of esters is 1. The van der Waals surface area contributed by atoms with Crippen molar-refractivity contribution in [3.63, 3.8) is 0 Å². The van der Waals surface area contributed by atoms with Crippen LogP contribution >= 0.6 is 11.8 Å². The highest BCUT2D eigenvalue weighted by Gasteiger charge is 2.21. The first-order valence-corrected chi connectivity index (χ1v) is 10.6. The molecule has 1 N–H and O–H groups in total. The fourth-order valence-corrected chi connectivity index (χ4v) is 4.41. The Kier molecular flexibility index (Phi) is 5.97. The third kappa shape index (κ3) is 4.52.